The van der Waals surface area contributed by atoms with Crippen molar-refractivity contribution >= 4 is 12.4 Å². The van der Waals surface area contributed by atoms with Crippen molar-refractivity contribution in [2.45, 2.75) is 39.4 Å². The van der Waals surface area contributed by atoms with Crippen LogP contribution in [0.4, 0.5) is 0 Å². The van der Waals surface area contributed by atoms with Gasteiger partial charge in [-0.1, -0.05) is 6.07 Å². The number of hydrogen-bond donors (Lipinski definition) is 1. The zero-order valence-electron chi connectivity index (χ0n) is 14.2. The summed E-state index contributed by atoms with van der Waals surface area (Å²) in [5, 5.41) is 12.1. The molecule has 0 atom stereocenters. The van der Waals surface area contributed by atoms with Crippen LogP contribution in [0.1, 0.15) is 31.9 Å². The van der Waals surface area contributed by atoms with Gasteiger partial charge in [0.15, 0.2) is 5.82 Å². The Kier molecular flexibility index (Phi) is 5.75. The first-order chi connectivity index (χ1) is 11.0. The third-order valence-electron chi connectivity index (χ3n) is 3.56. The summed E-state index contributed by atoms with van der Waals surface area (Å²) in [4.78, 5) is 4.43. The van der Waals surface area contributed by atoms with Gasteiger partial charge in [-0.25, -0.2) is 9.67 Å². The molecule has 3 heterocycles. The molecule has 24 heavy (non-hydrogen) atoms. The Morgan fingerprint density at radius 1 is 1.08 bits per heavy atom. The van der Waals surface area contributed by atoms with Gasteiger partial charge < -0.3 is 5.32 Å². The third-order valence-corrected chi connectivity index (χ3v) is 3.56. The van der Waals surface area contributed by atoms with E-state index < -0.39 is 0 Å². The largest absolute Gasteiger partial charge is 0.308 e. The number of halogens is 1. The summed E-state index contributed by atoms with van der Waals surface area (Å²) >= 11 is 0. The van der Waals surface area contributed by atoms with Gasteiger partial charge in [-0.05, 0) is 32.9 Å². The third kappa shape index (κ3) is 4.21. The zero-order valence-corrected chi connectivity index (χ0v) is 15.0. The molecule has 0 amide bonds. The fraction of sp³-hybridized carbons (Fsp3) is 0.353. The maximum absolute atomic E-state index is 4.43. The molecule has 0 aromatic carbocycles. The average molecular weight is 347 g/mol. The van der Waals surface area contributed by atoms with Gasteiger partial charge in [-0.15, -0.1) is 12.4 Å². The summed E-state index contributed by atoms with van der Waals surface area (Å²) in [5.41, 5.74) is 2.29. The van der Waals surface area contributed by atoms with E-state index in [1.807, 2.05) is 29.2 Å². The molecule has 0 fully saturated rings. The summed E-state index contributed by atoms with van der Waals surface area (Å²) in [6, 6.07) is 5.91. The van der Waals surface area contributed by atoms with E-state index in [9.17, 15) is 0 Å². The highest BCUT2D eigenvalue weighted by Gasteiger charge is 2.13. The van der Waals surface area contributed by atoms with E-state index in [1.54, 1.807) is 17.1 Å². The fourth-order valence-corrected chi connectivity index (χ4v) is 2.33. The average Bonchev–Trinajstić information content (AvgIpc) is 3.19. The number of rotatable bonds is 5. The topological polar surface area (TPSA) is 60.6 Å². The molecule has 0 saturated carbocycles. The van der Waals surface area contributed by atoms with Crippen LogP contribution in [0, 0.1) is 0 Å². The quantitative estimate of drug-likeness (QED) is 0.771. The lowest BCUT2D eigenvalue weighted by Gasteiger charge is -2.18. The van der Waals surface area contributed by atoms with Crippen LogP contribution in [0.25, 0.3) is 5.82 Å². The minimum Gasteiger partial charge on any atom is -0.308 e. The summed E-state index contributed by atoms with van der Waals surface area (Å²) in [6.45, 7) is 7.92. The molecule has 3 aromatic heterocycles. The molecule has 0 aliphatic rings. The van der Waals surface area contributed by atoms with E-state index in [1.165, 1.54) is 5.56 Å². The minimum absolute atomic E-state index is 0. The van der Waals surface area contributed by atoms with Gasteiger partial charge in [-0.2, -0.15) is 10.2 Å². The summed E-state index contributed by atoms with van der Waals surface area (Å²) in [7, 11) is 0. The van der Waals surface area contributed by atoms with E-state index in [-0.39, 0.29) is 17.9 Å². The standard InChI is InChI=1S/C17H22N6.ClH/c1-17(2,3)23-13-14(11-21-23)10-18-12-15-6-4-7-19-16(15)22-9-5-8-20-22;/h4-9,11,13,18H,10,12H2,1-3H3;1H. The van der Waals surface area contributed by atoms with E-state index in [4.69, 9.17) is 0 Å². The number of nitrogens with zero attached hydrogens (tertiary/aromatic N) is 5. The van der Waals surface area contributed by atoms with Crippen LogP contribution in [0.2, 0.25) is 0 Å². The molecule has 3 aromatic rings. The molecule has 0 aliphatic heterocycles. The van der Waals surface area contributed by atoms with Crippen LogP contribution in [-0.2, 0) is 18.6 Å². The normalized spacial score (nSPS) is 11.3. The van der Waals surface area contributed by atoms with Crippen LogP contribution < -0.4 is 5.32 Å². The lowest BCUT2D eigenvalue weighted by atomic mass is 10.1. The number of aromatic nitrogens is 5. The van der Waals surface area contributed by atoms with Gasteiger partial charge in [0.1, 0.15) is 0 Å². The Morgan fingerprint density at radius 2 is 1.92 bits per heavy atom. The monoisotopic (exact) mass is 346 g/mol. The maximum atomic E-state index is 4.43. The summed E-state index contributed by atoms with van der Waals surface area (Å²) < 4.78 is 3.78. The van der Waals surface area contributed by atoms with Crippen LogP contribution in [-0.4, -0.2) is 24.5 Å². The number of hydrogen-bond acceptors (Lipinski definition) is 4. The van der Waals surface area contributed by atoms with Crippen molar-refractivity contribution in [1.29, 1.82) is 0 Å². The van der Waals surface area contributed by atoms with Crippen molar-refractivity contribution in [3.05, 3.63) is 60.3 Å². The molecule has 1 N–H and O–H groups in total. The molecule has 6 nitrogen and oxygen atoms in total. The second-order valence-corrected chi connectivity index (χ2v) is 6.50. The molecular weight excluding hydrogens is 324 g/mol. The second kappa shape index (κ2) is 7.59. The zero-order chi connectivity index (χ0) is 16.3. The Labute approximate surface area is 148 Å². The molecule has 0 saturated heterocycles. The molecule has 128 valence electrons. The van der Waals surface area contributed by atoms with Crippen LogP contribution in [0.5, 0.6) is 0 Å². The predicted molar refractivity (Wildman–Crippen MR) is 96.4 cm³/mol. The van der Waals surface area contributed by atoms with E-state index in [0.29, 0.717) is 0 Å². The first-order valence-corrected chi connectivity index (χ1v) is 7.73. The molecule has 0 unspecified atom stereocenters. The number of pyridine rings is 1. The highest BCUT2D eigenvalue weighted by Crippen LogP contribution is 2.14. The summed E-state index contributed by atoms with van der Waals surface area (Å²) in [6.07, 6.45) is 9.44. The van der Waals surface area contributed by atoms with Crippen molar-refractivity contribution in [3.8, 4) is 5.82 Å². The Balaban J connectivity index is 0.00000208. The minimum atomic E-state index is 0. The fourth-order valence-electron chi connectivity index (χ4n) is 2.33. The van der Waals surface area contributed by atoms with Crippen LogP contribution in [0.15, 0.2) is 49.2 Å². The van der Waals surface area contributed by atoms with E-state index in [0.717, 1.165) is 24.5 Å². The van der Waals surface area contributed by atoms with Gasteiger partial charge in [0.25, 0.3) is 0 Å². The molecule has 0 spiro atoms. The van der Waals surface area contributed by atoms with Crippen molar-refractivity contribution in [3.63, 3.8) is 0 Å². The molecule has 0 radical (unpaired) electrons. The Hall–Kier alpha value is -2.18. The van der Waals surface area contributed by atoms with Gasteiger partial charge in [-0.3, -0.25) is 4.68 Å². The molecule has 3 rings (SSSR count). The SMILES string of the molecule is CC(C)(C)n1cc(CNCc2cccnc2-n2cccn2)cn1.Cl. The lowest BCUT2D eigenvalue weighted by molar-refractivity contribution is 0.355. The molecule has 7 heteroatoms. The van der Waals surface area contributed by atoms with Crippen molar-refractivity contribution in [2.24, 2.45) is 0 Å². The van der Waals surface area contributed by atoms with Crippen molar-refractivity contribution < 1.29 is 0 Å². The van der Waals surface area contributed by atoms with E-state index >= 15 is 0 Å². The predicted octanol–water partition coefficient (Wildman–Crippen LogP) is 2.93. The Morgan fingerprint density at radius 3 is 2.58 bits per heavy atom. The second-order valence-electron chi connectivity index (χ2n) is 6.50. The summed E-state index contributed by atoms with van der Waals surface area (Å²) in [5.74, 6) is 0.857. The van der Waals surface area contributed by atoms with Crippen LogP contribution >= 0.6 is 12.4 Å². The van der Waals surface area contributed by atoms with Gasteiger partial charge in [0, 0.05) is 49.0 Å². The lowest BCUT2D eigenvalue weighted by Crippen LogP contribution is -2.22. The van der Waals surface area contributed by atoms with Crippen molar-refractivity contribution in [2.75, 3.05) is 0 Å². The van der Waals surface area contributed by atoms with Crippen molar-refractivity contribution in [1.82, 2.24) is 29.9 Å². The first-order valence-electron chi connectivity index (χ1n) is 7.73. The van der Waals surface area contributed by atoms with Crippen LogP contribution in [0.3, 0.4) is 0 Å². The molecule has 0 bridgehead atoms. The van der Waals surface area contributed by atoms with Gasteiger partial charge in [0.2, 0.25) is 0 Å². The smallest absolute Gasteiger partial charge is 0.157 e. The van der Waals surface area contributed by atoms with E-state index in [2.05, 4.69) is 53.5 Å². The first kappa shape index (κ1) is 18.2. The molecular formula is C17H23ClN6. The maximum Gasteiger partial charge on any atom is 0.157 e. The van der Waals surface area contributed by atoms with Gasteiger partial charge >= 0.3 is 0 Å². The molecule has 0 aliphatic carbocycles. The highest BCUT2D eigenvalue weighted by atomic mass is 35.5. The Bertz CT molecular complexity index is 757. The highest BCUT2D eigenvalue weighted by molar-refractivity contribution is 5.85. The number of nitrogens with one attached hydrogen (secondary N) is 1. The van der Waals surface area contributed by atoms with Gasteiger partial charge in [0.05, 0.1) is 11.7 Å².